The number of likely N-dealkylation sites (tertiary alicyclic amines) is 1. The maximum Gasteiger partial charge on any atom is 0.126 e. The lowest BCUT2D eigenvalue weighted by molar-refractivity contribution is 0.352. The van der Waals surface area contributed by atoms with Crippen LogP contribution >= 0.6 is 0 Å². The van der Waals surface area contributed by atoms with Crippen molar-refractivity contribution >= 4 is 5.82 Å². The van der Waals surface area contributed by atoms with Crippen molar-refractivity contribution < 1.29 is 0 Å². The van der Waals surface area contributed by atoms with Crippen LogP contribution in [0.5, 0.6) is 0 Å². The number of anilines is 1. The molecule has 1 aromatic heterocycles. The molecule has 16 heavy (non-hydrogen) atoms. The summed E-state index contributed by atoms with van der Waals surface area (Å²) in [6, 6.07) is 4.22. The molecule has 3 nitrogen and oxygen atoms in total. The Morgan fingerprint density at radius 1 is 1.38 bits per heavy atom. The fourth-order valence-electron chi connectivity index (χ4n) is 2.14. The van der Waals surface area contributed by atoms with Crippen LogP contribution in [0.15, 0.2) is 18.3 Å². The predicted molar refractivity (Wildman–Crippen MR) is 67.8 cm³/mol. The van der Waals surface area contributed by atoms with Gasteiger partial charge in [0.2, 0.25) is 0 Å². The summed E-state index contributed by atoms with van der Waals surface area (Å²) in [4.78, 5) is 6.83. The van der Waals surface area contributed by atoms with Gasteiger partial charge in [-0.05, 0) is 50.0 Å². The van der Waals surface area contributed by atoms with E-state index in [1.807, 2.05) is 6.20 Å². The van der Waals surface area contributed by atoms with Crippen LogP contribution in [0.3, 0.4) is 0 Å². The molecule has 0 radical (unpaired) electrons. The highest BCUT2D eigenvalue weighted by Gasteiger charge is 2.10. The van der Waals surface area contributed by atoms with E-state index in [0.717, 1.165) is 25.3 Å². The van der Waals surface area contributed by atoms with Crippen molar-refractivity contribution in [1.29, 1.82) is 0 Å². The minimum absolute atomic E-state index is 1.00. The summed E-state index contributed by atoms with van der Waals surface area (Å²) in [5.74, 6) is 1.01. The summed E-state index contributed by atoms with van der Waals surface area (Å²) in [5, 5.41) is 3.39. The molecule has 0 aliphatic carbocycles. The second-order valence-corrected chi connectivity index (χ2v) is 4.38. The molecular weight excluding hydrogens is 198 g/mol. The molecule has 1 aliphatic rings. The molecule has 0 aromatic carbocycles. The largest absolute Gasteiger partial charge is 0.369 e. The van der Waals surface area contributed by atoms with Crippen molar-refractivity contribution in [2.75, 3.05) is 31.5 Å². The molecular formula is C13H21N3. The van der Waals surface area contributed by atoms with E-state index in [0.29, 0.717) is 0 Å². The maximum absolute atomic E-state index is 4.32. The first-order valence-electron chi connectivity index (χ1n) is 6.29. The number of aryl methyl sites for hydroxylation is 1. The molecule has 1 N–H and O–H groups in total. The van der Waals surface area contributed by atoms with Crippen molar-refractivity contribution in [2.24, 2.45) is 0 Å². The van der Waals surface area contributed by atoms with E-state index in [4.69, 9.17) is 0 Å². The molecule has 0 atom stereocenters. The van der Waals surface area contributed by atoms with E-state index in [2.05, 4.69) is 34.3 Å². The normalized spacial score (nSPS) is 16.6. The van der Waals surface area contributed by atoms with Crippen LogP contribution in [0.4, 0.5) is 5.82 Å². The van der Waals surface area contributed by atoms with Crippen molar-refractivity contribution in [3.63, 3.8) is 0 Å². The average molecular weight is 219 g/mol. The topological polar surface area (TPSA) is 28.2 Å². The van der Waals surface area contributed by atoms with Crippen LogP contribution in [0.1, 0.15) is 25.3 Å². The van der Waals surface area contributed by atoms with Crippen molar-refractivity contribution in [3.05, 3.63) is 23.9 Å². The number of aromatic nitrogens is 1. The second-order valence-electron chi connectivity index (χ2n) is 4.38. The van der Waals surface area contributed by atoms with Crippen LogP contribution in [0.25, 0.3) is 0 Å². The Kier molecular flexibility index (Phi) is 4.17. The molecule has 2 heterocycles. The molecule has 2 rings (SSSR count). The number of nitrogens with one attached hydrogen (secondary N) is 1. The van der Waals surface area contributed by atoms with Gasteiger partial charge >= 0.3 is 0 Å². The lowest BCUT2D eigenvalue weighted by atomic mass is 10.2. The number of rotatable bonds is 5. The Morgan fingerprint density at radius 2 is 2.19 bits per heavy atom. The quantitative estimate of drug-likeness (QED) is 0.822. The third kappa shape index (κ3) is 3.20. The molecule has 0 spiro atoms. The van der Waals surface area contributed by atoms with Gasteiger partial charge in [0.1, 0.15) is 5.82 Å². The summed E-state index contributed by atoms with van der Waals surface area (Å²) < 4.78 is 0. The lowest BCUT2D eigenvalue weighted by Gasteiger charge is -2.15. The second kappa shape index (κ2) is 5.85. The van der Waals surface area contributed by atoms with E-state index < -0.39 is 0 Å². The minimum atomic E-state index is 1.00. The van der Waals surface area contributed by atoms with E-state index in [1.165, 1.54) is 31.5 Å². The monoisotopic (exact) mass is 219 g/mol. The standard InChI is InChI=1S/C13H21N3/c1-2-12-5-6-14-13(11-12)15-7-10-16-8-3-4-9-16/h5-6,11H,2-4,7-10H2,1H3,(H,14,15). The Morgan fingerprint density at radius 3 is 2.94 bits per heavy atom. The molecule has 1 aliphatic heterocycles. The summed E-state index contributed by atoms with van der Waals surface area (Å²) >= 11 is 0. The summed E-state index contributed by atoms with van der Waals surface area (Å²) in [6.07, 6.45) is 5.69. The van der Waals surface area contributed by atoms with Gasteiger partial charge in [-0.3, -0.25) is 0 Å². The zero-order valence-electron chi connectivity index (χ0n) is 10.1. The molecule has 1 fully saturated rings. The Balaban J connectivity index is 1.75. The summed E-state index contributed by atoms with van der Waals surface area (Å²) in [7, 11) is 0. The third-order valence-corrected chi connectivity index (χ3v) is 3.17. The SMILES string of the molecule is CCc1ccnc(NCCN2CCCC2)c1. The van der Waals surface area contributed by atoms with Gasteiger partial charge < -0.3 is 10.2 Å². The van der Waals surface area contributed by atoms with E-state index in [1.54, 1.807) is 0 Å². The fourth-order valence-corrected chi connectivity index (χ4v) is 2.14. The molecule has 0 unspecified atom stereocenters. The smallest absolute Gasteiger partial charge is 0.126 e. The molecule has 0 saturated carbocycles. The van der Waals surface area contributed by atoms with E-state index >= 15 is 0 Å². The van der Waals surface area contributed by atoms with Crippen molar-refractivity contribution in [2.45, 2.75) is 26.2 Å². The van der Waals surface area contributed by atoms with Gasteiger partial charge in [-0.15, -0.1) is 0 Å². The van der Waals surface area contributed by atoms with Crippen LogP contribution in [-0.2, 0) is 6.42 Å². The molecule has 88 valence electrons. The van der Waals surface area contributed by atoms with Gasteiger partial charge in [0, 0.05) is 19.3 Å². The first-order chi connectivity index (χ1) is 7.88. The average Bonchev–Trinajstić information content (AvgIpc) is 2.82. The van der Waals surface area contributed by atoms with Gasteiger partial charge in [0.15, 0.2) is 0 Å². The van der Waals surface area contributed by atoms with Crippen molar-refractivity contribution in [1.82, 2.24) is 9.88 Å². The Bertz CT molecular complexity index is 319. The lowest BCUT2D eigenvalue weighted by Crippen LogP contribution is -2.26. The van der Waals surface area contributed by atoms with Gasteiger partial charge in [-0.25, -0.2) is 4.98 Å². The molecule has 1 saturated heterocycles. The first kappa shape index (κ1) is 11.4. The Labute approximate surface area is 97.9 Å². The predicted octanol–water partition coefficient (Wildman–Crippen LogP) is 2.15. The van der Waals surface area contributed by atoms with E-state index in [-0.39, 0.29) is 0 Å². The van der Waals surface area contributed by atoms with Gasteiger partial charge in [-0.1, -0.05) is 6.92 Å². The van der Waals surface area contributed by atoms with Gasteiger partial charge in [0.25, 0.3) is 0 Å². The Hall–Kier alpha value is -1.09. The highest BCUT2D eigenvalue weighted by molar-refractivity contribution is 5.37. The van der Waals surface area contributed by atoms with Gasteiger partial charge in [-0.2, -0.15) is 0 Å². The highest BCUT2D eigenvalue weighted by atomic mass is 15.2. The van der Waals surface area contributed by atoms with Gasteiger partial charge in [0.05, 0.1) is 0 Å². The summed E-state index contributed by atoms with van der Waals surface area (Å²) in [5.41, 5.74) is 1.35. The van der Waals surface area contributed by atoms with Crippen LogP contribution in [0.2, 0.25) is 0 Å². The number of hydrogen-bond donors (Lipinski definition) is 1. The molecule has 0 amide bonds. The van der Waals surface area contributed by atoms with Crippen LogP contribution < -0.4 is 5.32 Å². The number of pyridine rings is 1. The fraction of sp³-hybridized carbons (Fsp3) is 0.615. The molecule has 3 heteroatoms. The maximum atomic E-state index is 4.32. The molecule has 1 aromatic rings. The third-order valence-electron chi connectivity index (χ3n) is 3.17. The zero-order chi connectivity index (χ0) is 11.2. The van der Waals surface area contributed by atoms with E-state index in [9.17, 15) is 0 Å². The number of nitrogens with zero attached hydrogens (tertiary/aromatic N) is 2. The van der Waals surface area contributed by atoms with Crippen molar-refractivity contribution in [3.8, 4) is 0 Å². The van der Waals surface area contributed by atoms with Crippen LogP contribution in [-0.4, -0.2) is 36.1 Å². The summed E-state index contributed by atoms with van der Waals surface area (Å²) in [6.45, 7) is 6.84. The first-order valence-corrected chi connectivity index (χ1v) is 6.29. The molecule has 0 bridgehead atoms. The number of hydrogen-bond acceptors (Lipinski definition) is 3. The highest BCUT2D eigenvalue weighted by Crippen LogP contribution is 2.08. The zero-order valence-corrected chi connectivity index (χ0v) is 10.1. The minimum Gasteiger partial charge on any atom is -0.369 e. The van der Waals surface area contributed by atoms with Crippen LogP contribution in [0, 0.1) is 0 Å².